The number of aromatic nitrogens is 2. The van der Waals surface area contributed by atoms with Gasteiger partial charge in [-0.15, -0.1) is 0 Å². The summed E-state index contributed by atoms with van der Waals surface area (Å²) in [4.78, 5) is 18.4. The van der Waals surface area contributed by atoms with Gasteiger partial charge in [-0.25, -0.2) is 4.98 Å². The van der Waals surface area contributed by atoms with Crippen molar-refractivity contribution in [2.75, 3.05) is 0 Å². The second-order valence-corrected chi connectivity index (χ2v) is 4.15. The van der Waals surface area contributed by atoms with Gasteiger partial charge in [-0.2, -0.15) is 0 Å². The fourth-order valence-corrected chi connectivity index (χ4v) is 1.52. The second-order valence-electron chi connectivity index (χ2n) is 3.36. The summed E-state index contributed by atoms with van der Waals surface area (Å²) in [5.74, 6) is 0.672. The van der Waals surface area contributed by atoms with Crippen LogP contribution in [0.2, 0.25) is 0 Å². The number of nitrogens with one attached hydrogen (secondary N) is 1. The van der Waals surface area contributed by atoms with E-state index in [1.165, 1.54) is 0 Å². The third-order valence-electron chi connectivity index (χ3n) is 2.17. The number of aromatic amines is 1. The summed E-state index contributed by atoms with van der Waals surface area (Å²) in [7, 11) is 0. The molecule has 1 heterocycles. The van der Waals surface area contributed by atoms with Crippen LogP contribution in [0, 0.1) is 6.92 Å². The quantitative estimate of drug-likeness (QED) is 0.842. The molecule has 0 aliphatic carbocycles. The highest BCUT2D eigenvalue weighted by Crippen LogP contribution is 2.19. The highest BCUT2D eigenvalue weighted by atomic mass is 79.9. The van der Waals surface area contributed by atoms with Crippen molar-refractivity contribution in [2.45, 2.75) is 6.92 Å². The lowest BCUT2D eigenvalue weighted by atomic mass is 10.2. The minimum Gasteiger partial charge on any atom is -0.508 e. The van der Waals surface area contributed by atoms with Crippen LogP contribution in [-0.4, -0.2) is 15.1 Å². The third-order valence-corrected chi connectivity index (χ3v) is 3.10. The molecule has 1 aromatic carbocycles. The Kier molecular flexibility index (Phi) is 2.78. The maximum atomic E-state index is 11.5. The predicted molar refractivity (Wildman–Crippen MR) is 64.4 cm³/mol. The van der Waals surface area contributed by atoms with E-state index in [0.29, 0.717) is 16.0 Å². The molecule has 0 saturated carbocycles. The van der Waals surface area contributed by atoms with Crippen LogP contribution in [0.25, 0.3) is 11.4 Å². The molecule has 2 N–H and O–H groups in total. The topological polar surface area (TPSA) is 66.0 Å². The molecule has 2 rings (SSSR count). The van der Waals surface area contributed by atoms with Gasteiger partial charge in [0.15, 0.2) is 0 Å². The van der Waals surface area contributed by atoms with Gasteiger partial charge in [0, 0.05) is 5.56 Å². The van der Waals surface area contributed by atoms with Crippen molar-refractivity contribution in [3.05, 3.63) is 44.8 Å². The number of aromatic hydroxyl groups is 1. The Balaban J connectivity index is 2.57. The van der Waals surface area contributed by atoms with Crippen molar-refractivity contribution in [3.8, 4) is 17.1 Å². The lowest BCUT2D eigenvalue weighted by Crippen LogP contribution is -2.11. The van der Waals surface area contributed by atoms with Crippen LogP contribution >= 0.6 is 15.9 Å². The van der Waals surface area contributed by atoms with Crippen LogP contribution in [0.15, 0.2) is 33.5 Å². The Morgan fingerprint density at radius 3 is 2.50 bits per heavy atom. The number of hydrogen-bond donors (Lipinski definition) is 2. The van der Waals surface area contributed by atoms with Crippen molar-refractivity contribution < 1.29 is 5.11 Å². The molecule has 16 heavy (non-hydrogen) atoms. The van der Waals surface area contributed by atoms with Gasteiger partial charge < -0.3 is 10.1 Å². The van der Waals surface area contributed by atoms with Crippen molar-refractivity contribution in [2.24, 2.45) is 0 Å². The number of phenols is 1. The van der Waals surface area contributed by atoms with E-state index in [2.05, 4.69) is 25.9 Å². The molecule has 2 aromatic rings. The van der Waals surface area contributed by atoms with E-state index in [9.17, 15) is 4.79 Å². The zero-order valence-corrected chi connectivity index (χ0v) is 10.1. The average Bonchev–Trinajstić information content (AvgIpc) is 2.26. The van der Waals surface area contributed by atoms with E-state index < -0.39 is 0 Å². The molecule has 0 unspecified atom stereocenters. The molecule has 5 heteroatoms. The Morgan fingerprint density at radius 1 is 1.31 bits per heavy atom. The maximum Gasteiger partial charge on any atom is 0.265 e. The minimum absolute atomic E-state index is 0.180. The van der Waals surface area contributed by atoms with Gasteiger partial charge in [-0.05, 0) is 47.1 Å². The first-order valence-electron chi connectivity index (χ1n) is 4.64. The van der Waals surface area contributed by atoms with Crippen LogP contribution in [0.3, 0.4) is 0 Å². The first kappa shape index (κ1) is 10.9. The first-order valence-corrected chi connectivity index (χ1v) is 5.43. The monoisotopic (exact) mass is 280 g/mol. The van der Waals surface area contributed by atoms with Crippen molar-refractivity contribution >= 4 is 15.9 Å². The van der Waals surface area contributed by atoms with Gasteiger partial charge in [-0.3, -0.25) is 4.79 Å². The zero-order valence-electron chi connectivity index (χ0n) is 8.49. The van der Waals surface area contributed by atoms with Gasteiger partial charge in [-0.1, -0.05) is 0 Å². The van der Waals surface area contributed by atoms with Crippen molar-refractivity contribution in [3.63, 3.8) is 0 Å². The normalized spacial score (nSPS) is 10.4. The van der Waals surface area contributed by atoms with Gasteiger partial charge in [0.1, 0.15) is 16.0 Å². The van der Waals surface area contributed by atoms with Crippen LogP contribution in [-0.2, 0) is 0 Å². The second kappa shape index (κ2) is 4.09. The molecule has 0 radical (unpaired) electrons. The number of rotatable bonds is 1. The van der Waals surface area contributed by atoms with Crippen LogP contribution in [0.4, 0.5) is 0 Å². The molecule has 4 nitrogen and oxygen atoms in total. The van der Waals surface area contributed by atoms with Crippen molar-refractivity contribution in [1.29, 1.82) is 0 Å². The summed E-state index contributed by atoms with van der Waals surface area (Å²) >= 11 is 3.15. The summed E-state index contributed by atoms with van der Waals surface area (Å²) in [6.07, 6.45) is 0. The SMILES string of the molecule is Cc1nc(-c2ccc(O)cc2)[nH]c(=O)c1Br. The summed E-state index contributed by atoms with van der Waals surface area (Å²) in [6.45, 7) is 1.75. The number of H-pyrrole nitrogens is 1. The molecule has 0 aliphatic heterocycles. The van der Waals surface area contributed by atoms with Gasteiger partial charge in [0.25, 0.3) is 5.56 Å². The maximum absolute atomic E-state index is 11.5. The van der Waals surface area contributed by atoms with Crippen LogP contribution in [0.5, 0.6) is 5.75 Å². The smallest absolute Gasteiger partial charge is 0.265 e. The molecule has 1 aromatic heterocycles. The lowest BCUT2D eigenvalue weighted by Gasteiger charge is -2.03. The molecule has 0 bridgehead atoms. The van der Waals surface area contributed by atoms with Gasteiger partial charge >= 0.3 is 0 Å². The summed E-state index contributed by atoms with van der Waals surface area (Å²) in [5, 5.41) is 9.16. The fraction of sp³-hybridized carbons (Fsp3) is 0.0909. The number of nitrogens with zero attached hydrogens (tertiary/aromatic N) is 1. The molecule has 0 aliphatic rings. The summed E-state index contributed by atoms with van der Waals surface area (Å²) in [5.41, 5.74) is 1.17. The Morgan fingerprint density at radius 2 is 1.94 bits per heavy atom. The number of halogens is 1. The van der Waals surface area contributed by atoms with Crippen LogP contribution < -0.4 is 5.56 Å². The molecule has 0 saturated heterocycles. The Labute approximate surface area is 100 Å². The van der Waals surface area contributed by atoms with Crippen molar-refractivity contribution in [1.82, 2.24) is 9.97 Å². The van der Waals surface area contributed by atoms with E-state index in [0.717, 1.165) is 5.56 Å². The average molecular weight is 281 g/mol. The third kappa shape index (κ3) is 1.99. The minimum atomic E-state index is -0.212. The predicted octanol–water partition coefficient (Wildman–Crippen LogP) is 2.21. The lowest BCUT2D eigenvalue weighted by molar-refractivity contribution is 0.475. The highest BCUT2D eigenvalue weighted by molar-refractivity contribution is 9.10. The van der Waals surface area contributed by atoms with E-state index in [4.69, 9.17) is 5.11 Å². The molecule has 82 valence electrons. The van der Waals surface area contributed by atoms with Gasteiger partial charge in [0.2, 0.25) is 0 Å². The standard InChI is InChI=1S/C11H9BrN2O2/c1-6-9(12)11(16)14-10(13-6)7-2-4-8(15)5-3-7/h2-5,15H,1H3,(H,13,14,16). The largest absolute Gasteiger partial charge is 0.508 e. The van der Waals surface area contributed by atoms with Gasteiger partial charge in [0.05, 0.1) is 5.69 Å². The Bertz CT molecular complexity index is 576. The van der Waals surface area contributed by atoms with E-state index >= 15 is 0 Å². The Hall–Kier alpha value is -1.62. The number of phenolic OH excluding ortho intramolecular Hbond substituents is 1. The molecule has 0 amide bonds. The first-order chi connectivity index (χ1) is 7.58. The number of hydrogen-bond acceptors (Lipinski definition) is 3. The molecule has 0 fully saturated rings. The molecule has 0 atom stereocenters. The fourth-order valence-electron chi connectivity index (χ4n) is 1.33. The number of aryl methyl sites for hydroxylation is 1. The highest BCUT2D eigenvalue weighted by Gasteiger charge is 2.06. The molecular weight excluding hydrogens is 272 g/mol. The number of benzene rings is 1. The summed E-state index contributed by atoms with van der Waals surface area (Å²) < 4.78 is 0.440. The van der Waals surface area contributed by atoms with E-state index in [1.54, 1.807) is 31.2 Å². The molecule has 0 spiro atoms. The summed E-state index contributed by atoms with van der Waals surface area (Å²) in [6, 6.07) is 6.49. The molecular formula is C11H9BrN2O2. The zero-order chi connectivity index (χ0) is 11.7. The van der Waals surface area contributed by atoms with E-state index in [1.807, 2.05) is 0 Å². The van der Waals surface area contributed by atoms with E-state index in [-0.39, 0.29) is 11.3 Å². The van der Waals surface area contributed by atoms with Crippen LogP contribution in [0.1, 0.15) is 5.69 Å².